The molecule has 6 nitrogen and oxygen atoms in total. The Bertz CT molecular complexity index is 493. The molecular weight excluding hydrogens is 270 g/mol. The molecule has 0 saturated carbocycles. The minimum atomic E-state index is -0.493. The van der Waals surface area contributed by atoms with E-state index in [0.29, 0.717) is 19.4 Å². The van der Waals surface area contributed by atoms with Gasteiger partial charge in [0, 0.05) is 6.04 Å². The first-order chi connectivity index (χ1) is 10.1. The predicted octanol–water partition coefficient (Wildman–Crippen LogP) is 0.529. The van der Waals surface area contributed by atoms with Crippen LogP contribution in [0.15, 0.2) is 18.2 Å². The van der Waals surface area contributed by atoms with Crippen LogP contribution in [0.3, 0.4) is 0 Å². The molecule has 1 aliphatic heterocycles. The minimum Gasteiger partial charge on any atom is -0.454 e. The Morgan fingerprint density at radius 2 is 2.14 bits per heavy atom. The van der Waals surface area contributed by atoms with Gasteiger partial charge in [0.25, 0.3) is 0 Å². The fourth-order valence-corrected chi connectivity index (χ4v) is 2.29. The van der Waals surface area contributed by atoms with Gasteiger partial charge in [-0.3, -0.25) is 4.79 Å². The quantitative estimate of drug-likeness (QED) is 0.681. The number of nitrogens with one attached hydrogen (secondary N) is 1. The highest BCUT2D eigenvalue weighted by Gasteiger charge is 2.17. The van der Waals surface area contributed by atoms with E-state index in [1.165, 1.54) is 0 Å². The topological polar surface area (TPSA) is 99.6 Å². The maximum Gasteiger partial charge on any atom is 0.237 e. The summed E-state index contributed by atoms with van der Waals surface area (Å²) in [6.07, 6.45) is 2.08. The van der Waals surface area contributed by atoms with E-state index in [1.54, 1.807) is 0 Å². The van der Waals surface area contributed by atoms with Gasteiger partial charge in [0.15, 0.2) is 11.5 Å². The van der Waals surface area contributed by atoms with Crippen molar-refractivity contribution in [3.63, 3.8) is 0 Å². The number of amides is 1. The summed E-state index contributed by atoms with van der Waals surface area (Å²) in [6, 6.07) is 5.32. The molecule has 116 valence electrons. The number of hydrogen-bond donors (Lipinski definition) is 3. The van der Waals surface area contributed by atoms with E-state index in [1.807, 2.05) is 25.1 Å². The third kappa shape index (κ3) is 4.34. The summed E-state index contributed by atoms with van der Waals surface area (Å²) in [7, 11) is 0. The van der Waals surface area contributed by atoms with Gasteiger partial charge in [-0.15, -0.1) is 0 Å². The van der Waals surface area contributed by atoms with Gasteiger partial charge in [0.1, 0.15) is 0 Å². The first-order valence-corrected chi connectivity index (χ1v) is 7.24. The standard InChI is InChI=1S/C15H23N3O3/c1-10(18-15(19)12(17)3-2-6-16)7-11-4-5-13-14(8-11)21-9-20-13/h4-5,8,10,12H,2-3,6-7,9,16-17H2,1H3,(H,18,19). The molecule has 2 unspecified atom stereocenters. The number of carbonyl (C=O) groups excluding carboxylic acids is 1. The Hall–Kier alpha value is -1.79. The summed E-state index contributed by atoms with van der Waals surface area (Å²) < 4.78 is 10.6. The van der Waals surface area contributed by atoms with Gasteiger partial charge in [-0.25, -0.2) is 0 Å². The van der Waals surface area contributed by atoms with Crippen LogP contribution in [0, 0.1) is 0 Å². The SMILES string of the molecule is CC(Cc1ccc2c(c1)OCO2)NC(=O)C(N)CCCN. The Morgan fingerprint density at radius 1 is 1.38 bits per heavy atom. The fraction of sp³-hybridized carbons (Fsp3) is 0.533. The van der Waals surface area contributed by atoms with Crippen molar-refractivity contribution >= 4 is 5.91 Å². The smallest absolute Gasteiger partial charge is 0.237 e. The Kier molecular flexibility index (Phi) is 5.41. The van der Waals surface area contributed by atoms with Gasteiger partial charge < -0.3 is 26.3 Å². The van der Waals surface area contributed by atoms with Gasteiger partial charge in [-0.2, -0.15) is 0 Å². The maximum atomic E-state index is 11.9. The molecule has 1 amide bonds. The number of ether oxygens (including phenoxy) is 2. The van der Waals surface area contributed by atoms with Gasteiger partial charge in [-0.05, 0) is 50.4 Å². The molecule has 2 atom stereocenters. The number of carbonyl (C=O) groups is 1. The van der Waals surface area contributed by atoms with Crippen LogP contribution in [0.5, 0.6) is 11.5 Å². The van der Waals surface area contributed by atoms with Crippen molar-refractivity contribution < 1.29 is 14.3 Å². The van der Waals surface area contributed by atoms with Crippen molar-refractivity contribution in [3.05, 3.63) is 23.8 Å². The molecule has 5 N–H and O–H groups in total. The van der Waals surface area contributed by atoms with Crippen LogP contribution in [0.4, 0.5) is 0 Å². The normalized spacial score (nSPS) is 15.6. The Morgan fingerprint density at radius 3 is 2.90 bits per heavy atom. The summed E-state index contributed by atoms with van der Waals surface area (Å²) >= 11 is 0. The number of hydrogen-bond acceptors (Lipinski definition) is 5. The van der Waals surface area contributed by atoms with Crippen LogP contribution in [0.25, 0.3) is 0 Å². The third-order valence-electron chi connectivity index (χ3n) is 3.42. The molecule has 0 aromatic heterocycles. The lowest BCUT2D eigenvalue weighted by molar-refractivity contribution is -0.123. The maximum absolute atomic E-state index is 11.9. The van der Waals surface area contributed by atoms with Crippen LogP contribution in [-0.4, -0.2) is 31.3 Å². The highest BCUT2D eigenvalue weighted by molar-refractivity contribution is 5.81. The lowest BCUT2D eigenvalue weighted by atomic mass is 10.1. The van der Waals surface area contributed by atoms with Crippen LogP contribution < -0.4 is 26.3 Å². The van der Waals surface area contributed by atoms with Crippen LogP contribution in [0.1, 0.15) is 25.3 Å². The van der Waals surface area contributed by atoms with E-state index >= 15 is 0 Å². The molecule has 0 bridgehead atoms. The molecule has 6 heteroatoms. The summed E-state index contributed by atoms with van der Waals surface area (Å²) in [5.41, 5.74) is 12.3. The molecule has 0 radical (unpaired) electrons. The molecular formula is C15H23N3O3. The van der Waals surface area contributed by atoms with E-state index in [-0.39, 0.29) is 18.7 Å². The average molecular weight is 293 g/mol. The van der Waals surface area contributed by atoms with Crippen molar-refractivity contribution in [2.75, 3.05) is 13.3 Å². The summed E-state index contributed by atoms with van der Waals surface area (Å²) in [5.74, 6) is 1.39. The molecule has 0 aliphatic carbocycles. The van der Waals surface area contributed by atoms with Gasteiger partial charge in [-0.1, -0.05) is 6.07 Å². The van der Waals surface area contributed by atoms with Crippen LogP contribution in [-0.2, 0) is 11.2 Å². The van der Waals surface area contributed by atoms with Crippen molar-refractivity contribution in [3.8, 4) is 11.5 Å². The number of fused-ring (bicyclic) bond motifs is 1. The van der Waals surface area contributed by atoms with E-state index in [0.717, 1.165) is 23.5 Å². The highest BCUT2D eigenvalue weighted by Crippen LogP contribution is 2.32. The zero-order chi connectivity index (χ0) is 15.2. The van der Waals surface area contributed by atoms with Gasteiger partial charge in [0.05, 0.1) is 6.04 Å². The summed E-state index contributed by atoms with van der Waals surface area (Å²) in [5, 5.41) is 2.93. The van der Waals surface area contributed by atoms with Gasteiger partial charge >= 0.3 is 0 Å². The molecule has 21 heavy (non-hydrogen) atoms. The van der Waals surface area contributed by atoms with Crippen molar-refractivity contribution in [2.45, 2.75) is 38.3 Å². The predicted molar refractivity (Wildman–Crippen MR) is 80.1 cm³/mol. The third-order valence-corrected chi connectivity index (χ3v) is 3.42. The lowest BCUT2D eigenvalue weighted by Gasteiger charge is -2.17. The monoisotopic (exact) mass is 293 g/mol. The van der Waals surface area contributed by atoms with E-state index in [4.69, 9.17) is 20.9 Å². The number of benzene rings is 1. The van der Waals surface area contributed by atoms with Crippen molar-refractivity contribution in [1.82, 2.24) is 5.32 Å². The second-order valence-electron chi connectivity index (χ2n) is 5.34. The van der Waals surface area contributed by atoms with E-state index < -0.39 is 6.04 Å². The highest BCUT2D eigenvalue weighted by atomic mass is 16.7. The van der Waals surface area contributed by atoms with Gasteiger partial charge in [0.2, 0.25) is 12.7 Å². The number of rotatable bonds is 7. The van der Waals surface area contributed by atoms with E-state index in [2.05, 4.69) is 5.32 Å². The zero-order valence-corrected chi connectivity index (χ0v) is 12.3. The first kappa shape index (κ1) is 15.6. The molecule has 2 rings (SSSR count). The fourth-order valence-electron chi connectivity index (χ4n) is 2.29. The van der Waals surface area contributed by atoms with Crippen molar-refractivity contribution in [2.24, 2.45) is 11.5 Å². The molecule has 1 aromatic carbocycles. The second kappa shape index (κ2) is 7.28. The zero-order valence-electron chi connectivity index (χ0n) is 12.3. The van der Waals surface area contributed by atoms with Crippen molar-refractivity contribution in [1.29, 1.82) is 0 Å². The molecule has 0 spiro atoms. The van der Waals surface area contributed by atoms with Crippen LogP contribution >= 0.6 is 0 Å². The second-order valence-corrected chi connectivity index (χ2v) is 5.34. The van der Waals surface area contributed by atoms with E-state index in [9.17, 15) is 4.79 Å². The minimum absolute atomic E-state index is 0.00166. The largest absolute Gasteiger partial charge is 0.454 e. The molecule has 1 aromatic rings. The lowest BCUT2D eigenvalue weighted by Crippen LogP contribution is -2.45. The Balaban J connectivity index is 1.84. The average Bonchev–Trinajstić information content (AvgIpc) is 2.91. The number of nitrogens with two attached hydrogens (primary N) is 2. The molecule has 0 saturated heterocycles. The van der Waals surface area contributed by atoms with Crippen LogP contribution in [0.2, 0.25) is 0 Å². The molecule has 1 aliphatic rings. The summed E-state index contributed by atoms with van der Waals surface area (Å²) in [4.78, 5) is 11.9. The molecule has 0 fully saturated rings. The molecule has 1 heterocycles. The first-order valence-electron chi connectivity index (χ1n) is 7.24. The Labute approximate surface area is 124 Å². The summed E-state index contributed by atoms with van der Waals surface area (Å²) in [6.45, 7) is 2.77.